The van der Waals surface area contributed by atoms with E-state index in [0.29, 0.717) is 18.1 Å². The lowest BCUT2D eigenvalue weighted by atomic mass is 10.0. The molecule has 84 valence electrons. The van der Waals surface area contributed by atoms with E-state index < -0.39 is 0 Å². The molecule has 2 rings (SSSR count). The van der Waals surface area contributed by atoms with Crippen molar-refractivity contribution in [1.82, 2.24) is 0 Å². The molecule has 0 unspecified atom stereocenters. The molecule has 0 saturated heterocycles. The van der Waals surface area contributed by atoms with Crippen molar-refractivity contribution in [3.63, 3.8) is 0 Å². The number of carbonyl (C=O) groups excluding carboxylic acids is 1. The molecule has 1 saturated carbocycles. The molecular weight excluding hydrogens is 200 g/mol. The second kappa shape index (κ2) is 4.52. The maximum Gasteiger partial charge on any atom is 0.338 e. The molecule has 2 heteroatoms. The van der Waals surface area contributed by atoms with Crippen molar-refractivity contribution in [3.8, 4) is 0 Å². The fourth-order valence-corrected chi connectivity index (χ4v) is 1.84. The van der Waals surface area contributed by atoms with Crippen LogP contribution < -0.4 is 0 Å². The Balaban J connectivity index is 2.37. The van der Waals surface area contributed by atoms with Gasteiger partial charge in [-0.1, -0.05) is 24.8 Å². The van der Waals surface area contributed by atoms with Crippen LogP contribution in [-0.2, 0) is 4.74 Å². The van der Waals surface area contributed by atoms with Gasteiger partial charge in [0.05, 0.1) is 12.2 Å². The molecule has 0 radical (unpaired) electrons. The van der Waals surface area contributed by atoms with E-state index in [1.807, 2.05) is 25.1 Å². The van der Waals surface area contributed by atoms with Crippen LogP contribution in [0.15, 0.2) is 24.8 Å². The van der Waals surface area contributed by atoms with Crippen LogP contribution >= 0.6 is 0 Å². The summed E-state index contributed by atoms with van der Waals surface area (Å²) in [4.78, 5) is 11.8. The summed E-state index contributed by atoms with van der Waals surface area (Å²) in [6, 6.07) is 5.91. The van der Waals surface area contributed by atoms with Crippen LogP contribution in [-0.4, -0.2) is 12.6 Å². The van der Waals surface area contributed by atoms with Gasteiger partial charge in [0.2, 0.25) is 0 Å². The summed E-state index contributed by atoms with van der Waals surface area (Å²) in [6.07, 6.45) is 4.11. The van der Waals surface area contributed by atoms with Gasteiger partial charge in [-0.25, -0.2) is 4.79 Å². The van der Waals surface area contributed by atoms with Gasteiger partial charge < -0.3 is 4.74 Å². The second-order valence-electron chi connectivity index (χ2n) is 4.05. The molecule has 0 aliphatic heterocycles. The van der Waals surface area contributed by atoms with Crippen LogP contribution in [0.1, 0.15) is 47.2 Å². The van der Waals surface area contributed by atoms with Crippen molar-refractivity contribution in [3.05, 3.63) is 41.5 Å². The summed E-state index contributed by atoms with van der Waals surface area (Å²) < 4.78 is 5.07. The number of hydrogen-bond acceptors (Lipinski definition) is 2. The van der Waals surface area contributed by atoms with Gasteiger partial charge in [0.25, 0.3) is 0 Å². The normalized spacial score (nSPS) is 14.6. The molecule has 1 aromatic carbocycles. The number of ether oxygens (including phenoxy) is 1. The van der Waals surface area contributed by atoms with Crippen LogP contribution in [0.25, 0.3) is 6.08 Å². The molecule has 1 fully saturated rings. The minimum Gasteiger partial charge on any atom is -0.462 e. The minimum atomic E-state index is -0.215. The summed E-state index contributed by atoms with van der Waals surface area (Å²) >= 11 is 0. The van der Waals surface area contributed by atoms with E-state index in [2.05, 4.69) is 6.58 Å². The van der Waals surface area contributed by atoms with Gasteiger partial charge in [-0.15, -0.1) is 0 Å². The lowest BCUT2D eigenvalue weighted by molar-refractivity contribution is 0.0525. The minimum absolute atomic E-state index is 0.215. The summed E-state index contributed by atoms with van der Waals surface area (Å²) in [7, 11) is 0. The average molecular weight is 216 g/mol. The highest BCUT2D eigenvalue weighted by atomic mass is 16.5. The van der Waals surface area contributed by atoms with E-state index in [1.54, 1.807) is 6.08 Å². The molecule has 1 aliphatic rings. The summed E-state index contributed by atoms with van der Waals surface area (Å²) in [5.74, 6) is 0.339. The summed E-state index contributed by atoms with van der Waals surface area (Å²) in [6.45, 7) is 5.96. The highest BCUT2D eigenvalue weighted by Gasteiger charge is 2.28. The Morgan fingerprint density at radius 3 is 2.88 bits per heavy atom. The monoisotopic (exact) mass is 216 g/mol. The number of esters is 1. The molecular formula is C14H16O2. The smallest absolute Gasteiger partial charge is 0.338 e. The fraction of sp³-hybridized carbons (Fsp3) is 0.357. The first-order chi connectivity index (χ1) is 7.76. The van der Waals surface area contributed by atoms with Gasteiger partial charge in [0, 0.05) is 0 Å². The van der Waals surface area contributed by atoms with Crippen molar-refractivity contribution in [1.29, 1.82) is 0 Å². The largest absolute Gasteiger partial charge is 0.462 e. The zero-order chi connectivity index (χ0) is 11.5. The lowest BCUT2D eigenvalue weighted by Gasteiger charge is -2.08. The third-order valence-corrected chi connectivity index (χ3v) is 2.83. The average Bonchev–Trinajstić information content (AvgIpc) is 3.12. The van der Waals surface area contributed by atoms with Gasteiger partial charge in [-0.2, -0.15) is 0 Å². The molecule has 0 bridgehead atoms. The molecule has 0 heterocycles. The van der Waals surface area contributed by atoms with Crippen LogP contribution in [0, 0.1) is 0 Å². The van der Waals surface area contributed by atoms with Crippen molar-refractivity contribution in [2.24, 2.45) is 0 Å². The summed E-state index contributed by atoms with van der Waals surface area (Å²) in [5.41, 5.74) is 2.80. The van der Waals surface area contributed by atoms with Crippen molar-refractivity contribution < 1.29 is 9.53 Å². The number of rotatable bonds is 4. The Hall–Kier alpha value is -1.57. The Bertz CT molecular complexity index is 417. The molecule has 16 heavy (non-hydrogen) atoms. The van der Waals surface area contributed by atoms with Gasteiger partial charge >= 0.3 is 5.97 Å². The topological polar surface area (TPSA) is 26.3 Å². The molecule has 0 spiro atoms. The Morgan fingerprint density at radius 2 is 2.31 bits per heavy atom. The number of benzene rings is 1. The fourth-order valence-electron chi connectivity index (χ4n) is 1.84. The highest BCUT2D eigenvalue weighted by molar-refractivity contribution is 5.92. The SMILES string of the molecule is C=Cc1ccc(C2CC2)c(C(=O)OCC)c1. The molecule has 1 aromatic rings. The first-order valence-electron chi connectivity index (χ1n) is 5.69. The van der Waals surface area contributed by atoms with Gasteiger partial charge in [0.15, 0.2) is 0 Å². The first-order valence-corrected chi connectivity index (χ1v) is 5.69. The zero-order valence-corrected chi connectivity index (χ0v) is 9.53. The molecule has 2 nitrogen and oxygen atoms in total. The molecule has 0 N–H and O–H groups in total. The van der Waals surface area contributed by atoms with Crippen LogP contribution in [0.2, 0.25) is 0 Å². The van der Waals surface area contributed by atoms with E-state index in [0.717, 1.165) is 11.1 Å². The lowest BCUT2D eigenvalue weighted by Crippen LogP contribution is -2.08. The van der Waals surface area contributed by atoms with E-state index in [9.17, 15) is 4.79 Å². The Kier molecular flexibility index (Phi) is 3.09. The van der Waals surface area contributed by atoms with Crippen LogP contribution in [0.3, 0.4) is 0 Å². The second-order valence-corrected chi connectivity index (χ2v) is 4.05. The molecule has 0 atom stereocenters. The first kappa shape index (κ1) is 10.9. The van der Waals surface area contributed by atoms with E-state index in [1.165, 1.54) is 12.8 Å². The van der Waals surface area contributed by atoms with Crippen LogP contribution in [0.5, 0.6) is 0 Å². The maximum absolute atomic E-state index is 11.8. The van der Waals surface area contributed by atoms with Crippen molar-refractivity contribution in [2.75, 3.05) is 6.61 Å². The van der Waals surface area contributed by atoms with Crippen LogP contribution in [0.4, 0.5) is 0 Å². The van der Waals surface area contributed by atoms with E-state index in [-0.39, 0.29) is 5.97 Å². The van der Waals surface area contributed by atoms with E-state index >= 15 is 0 Å². The van der Waals surface area contributed by atoms with Gasteiger partial charge in [0.1, 0.15) is 0 Å². The number of hydrogen-bond donors (Lipinski definition) is 0. The summed E-state index contributed by atoms with van der Waals surface area (Å²) in [5, 5.41) is 0. The predicted molar refractivity (Wildman–Crippen MR) is 64.5 cm³/mol. The Labute approximate surface area is 95.9 Å². The molecule has 0 aromatic heterocycles. The van der Waals surface area contributed by atoms with Gasteiger partial charge in [-0.05, 0) is 42.9 Å². The van der Waals surface area contributed by atoms with Crippen molar-refractivity contribution in [2.45, 2.75) is 25.7 Å². The van der Waals surface area contributed by atoms with E-state index in [4.69, 9.17) is 4.74 Å². The predicted octanol–water partition coefficient (Wildman–Crippen LogP) is 3.38. The van der Waals surface area contributed by atoms with Crippen molar-refractivity contribution >= 4 is 12.0 Å². The maximum atomic E-state index is 11.8. The molecule has 0 amide bonds. The number of carbonyl (C=O) groups is 1. The Morgan fingerprint density at radius 1 is 1.56 bits per heavy atom. The van der Waals surface area contributed by atoms with Gasteiger partial charge in [-0.3, -0.25) is 0 Å². The third kappa shape index (κ3) is 2.16. The quantitative estimate of drug-likeness (QED) is 0.721. The highest BCUT2D eigenvalue weighted by Crippen LogP contribution is 2.42. The molecule has 1 aliphatic carbocycles. The third-order valence-electron chi connectivity index (χ3n) is 2.83. The standard InChI is InChI=1S/C14H16O2/c1-3-10-5-8-12(11-6-7-11)13(9-10)14(15)16-4-2/h3,5,8-9,11H,1,4,6-7H2,2H3. The zero-order valence-electron chi connectivity index (χ0n) is 9.53.